The Morgan fingerprint density at radius 2 is 1.91 bits per heavy atom. The molecular weight excluding hydrogens is 448 g/mol. The molecule has 0 aliphatic carbocycles. The maximum absolute atomic E-state index is 14.2. The Kier molecular flexibility index (Phi) is 6.31. The Labute approximate surface area is 192 Å². The van der Waals surface area contributed by atoms with Crippen LogP contribution in [-0.2, 0) is 17.8 Å². The molecule has 3 aromatic rings. The van der Waals surface area contributed by atoms with Crippen molar-refractivity contribution >= 4 is 17.7 Å². The van der Waals surface area contributed by atoms with Gasteiger partial charge in [0.25, 0.3) is 5.56 Å². The van der Waals surface area contributed by atoms with E-state index in [9.17, 15) is 33.4 Å². The molecule has 1 aromatic heterocycles. The fraction of sp³-hybridized carbons (Fsp3) is 0.208. The maximum Gasteiger partial charge on any atom is 0.319 e. The molecule has 8 nitrogen and oxygen atoms in total. The number of pyridine rings is 1. The molecule has 2 heterocycles. The van der Waals surface area contributed by atoms with Crippen LogP contribution in [0.2, 0.25) is 0 Å². The maximum atomic E-state index is 14.2. The summed E-state index contributed by atoms with van der Waals surface area (Å²) in [4.78, 5) is 36.7. The molecule has 0 bridgehead atoms. The number of aliphatic carboxylic acids is 1. The molecule has 0 saturated heterocycles. The second kappa shape index (κ2) is 9.34. The number of hydrogen-bond donors (Lipinski definition) is 4. The first-order valence-corrected chi connectivity index (χ1v) is 10.5. The lowest BCUT2D eigenvalue weighted by Gasteiger charge is -2.19. The van der Waals surface area contributed by atoms with Crippen LogP contribution in [0.3, 0.4) is 0 Å². The molecule has 4 N–H and O–H groups in total. The first-order valence-electron chi connectivity index (χ1n) is 10.5. The molecule has 1 atom stereocenters. The number of carboxylic acid groups (broad SMARTS) is 1. The number of nitrogens with one attached hydrogen (secondary N) is 2. The van der Waals surface area contributed by atoms with E-state index in [0.29, 0.717) is 29.8 Å². The molecule has 10 heteroatoms. The highest BCUT2D eigenvalue weighted by molar-refractivity contribution is 5.91. The molecule has 176 valence electrons. The lowest BCUT2D eigenvalue weighted by atomic mass is 9.97. The third-order valence-electron chi connectivity index (χ3n) is 5.63. The Hall–Kier alpha value is -4.21. The van der Waals surface area contributed by atoms with Crippen molar-refractivity contribution in [2.45, 2.75) is 31.8 Å². The molecule has 0 fully saturated rings. The van der Waals surface area contributed by atoms with Crippen molar-refractivity contribution in [3.05, 3.63) is 81.8 Å². The standard InChI is InChI=1S/C24H21F2N3O5/c25-15-6-7-17(18(26)10-15)13-3-1-4-14(9-13)19(12-21(31)32)27-24(34)28-22-20(30)11-16-5-2-8-29(16)23(22)33/h1,3-4,6-7,9-11,19,30H,2,5,8,12H2,(H,31,32)(H2,27,28,34)/t19-/m0/s1. The molecule has 0 spiro atoms. The molecule has 34 heavy (non-hydrogen) atoms. The number of carbonyl (C=O) groups excluding carboxylic acids is 1. The first-order chi connectivity index (χ1) is 16.2. The molecule has 1 aliphatic rings. The van der Waals surface area contributed by atoms with E-state index < -0.39 is 41.7 Å². The molecule has 2 amide bonds. The number of anilines is 1. The van der Waals surface area contributed by atoms with Crippen LogP contribution in [-0.4, -0.2) is 26.8 Å². The summed E-state index contributed by atoms with van der Waals surface area (Å²) in [6, 6.07) is 8.77. The largest absolute Gasteiger partial charge is 0.505 e. The topological polar surface area (TPSA) is 121 Å². The van der Waals surface area contributed by atoms with Gasteiger partial charge in [0, 0.05) is 29.9 Å². The zero-order valence-electron chi connectivity index (χ0n) is 17.8. The van der Waals surface area contributed by atoms with E-state index >= 15 is 0 Å². The van der Waals surface area contributed by atoms with Crippen molar-refractivity contribution in [2.75, 3.05) is 5.32 Å². The van der Waals surface area contributed by atoms with Gasteiger partial charge in [-0.3, -0.25) is 9.59 Å². The van der Waals surface area contributed by atoms with E-state index in [1.54, 1.807) is 18.2 Å². The van der Waals surface area contributed by atoms with Crippen LogP contribution in [0.25, 0.3) is 11.1 Å². The second-order valence-electron chi connectivity index (χ2n) is 7.95. The normalized spacial score (nSPS) is 13.2. The van der Waals surface area contributed by atoms with Gasteiger partial charge in [-0.25, -0.2) is 13.6 Å². The summed E-state index contributed by atoms with van der Waals surface area (Å²) in [6.07, 6.45) is 0.884. The minimum absolute atomic E-state index is 0.109. The highest BCUT2D eigenvalue weighted by Gasteiger charge is 2.23. The minimum atomic E-state index is -1.20. The lowest BCUT2D eigenvalue weighted by Crippen LogP contribution is -2.36. The second-order valence-corrected chi connectivity index (χ2v) is 7.95. The predicted molar refractivity (Wildman–Crippen MR) is 120 cm³/mol. The average molecular weight is 469 g/mol. The van der Waals surface area contributed by atoms with Crippen molar-refractivity contribution in [3.63, 3.8) is 0 Å². The molecule has 0 saturated carbocycles. The SMILES string of the molecule is O=C(O)C[C@H](NC(=O)Nc1c(O)cc2n(c1=O)CCC2)c1cccc(-c2ccc(F)cc2F)c1. The fourth-order valence-electron chi connectivity index (χ4n) is 4.05. The summed E-state index contributed by atoms with van der Waals surface area (Å²) in [6.45, 7) is 0.471. The van der Waals surface area contributed by atoms with Gasteiger partial charge in [-0.2, -0.15) is 0 Å². The van der Waals surface area contributed by atoms with Crippen molar-refractivity contribution < 1.29 is 28.6 Å². The van der Waals surface area contributed by atoms with Gasteiger partial charge in [-0.1, -0.05) is 18.2 Å². The number of benzene rings is 2. The lowest BCUT2D eigenvalue weighted by molar-refractivity contribution is -0.137. The van der Waals surface area contributed by atoms with Gasteiger partial charge in [-0.05, 0) is 42.2 Å². The number of fused-ring (bicyclic) bond motifs is 1. The number of rotatable bonds is 6. The zero-order chi connectivity index (χ0) is 24.4. The summed E-state index contributed by atoms with van der Waals surface area (Å²) >= 11 is 0. The summed E-state index contributed by atoms with van der Waals surface area (Å²) in [7, 11) is 0. The zero-order valence-corrected chi connectivity index (χ0v) is 17.8. The minimum Gasteiger partial charge on any atom is -0.505 e. The molecule has 0 unspecified atom stereocenters. The average Bonchev–Trinajstić information content (AvgIpc) is 3.24. The number of aromatic nitrogens is 1. The van der Waals surface area contributed by atoms with Gasteiger partial charge < -0.3 is 25.4 Å². The molecule has 1 aliphatic heterocycles. The van der Waals surface area contributed by atoms with E-state index in [0.717, 1.165) is 18.6 Å². The molecule has 4 rings (SSSR count). The van der Waals surface area contributed by atoms with Gasteiger partial charge in [0.1, 0.15) is 17.4 Å². The van der Waals surface area contributed by atoms with E-state index in [4.69, 9.17) is 0 Å². The number of urea groups is 1. The first kappa shape index (κ1) is 23.0. The van der Waals surface area contributed by atoms with Gasteiger partial charge in [0.15, 0.2) is 5.69 Å². The number of amides is 2. The van der Waals surface area contributed by atoms with Crippen molar-refractivity contribution in [3.8, 4) is 16.9 Å². The number of nitrogens with zero attached hydrogens (tertiary/aromatic N) is 1. The fourth-order valence-corrected chi connectivity index (χ4v) is 4.05. The number of hydrogen-bond acceptors (Lipinski definition) is 4. The molecule has 2 aromatic carbocycles. The van der Waals surface area contributed by atoms with Crippen LogP contribution in [0.4, 0.5) is 19.3 Å². The number of carbonyl (C=O) groups is 2. The van der Waals surface area contributed by atoms with Gasteiger partial charge in [0.05, 0.1) is 12.5 Å². The van der Waals surface area contributed by atoms with Crippen molar-refractivity contribution in [1.29, 1.82) is 0 Å². The van der Waals surface area contributed by atoms with Crippen LogP contribution >= 0.6 is 0 Å². The third kappa shape index (κ3) is 4.75. The van der Waals surface area contributed by atoms with Crippen LogP contribution in [0.15, 0.2) is 53.3 Å². The van der Waals surface area contributed by atoms with E-state index in [2.05, 4.69) is 10.6 Å². The smallest absolute Gasteiger partial charge is 0.319 e. The Bertz CT molecular complexity index is 1340. The monoisotopic (exact) mass is 469 g/mol. The van der Waals surface area contributed by atoms with Crippen LogP contribution in [0, 0.1) is 11.6 Å². The molecule has 0 radical (unpaired) electrons. The number of aryl methyl sites for hydroxylation is 1. The summed E-state index contributed by atoms with van der Waals surface area (Å²) < 4.78 is 29.0. The highest BCUT2D eigenvalue weighted by atomic mass is 19.1. The van der Waals surface area contributed by atoms with Crippen LogP contribution < -0.4 is 16.2 Å². The van der Waals surface area contributed by atoms with Gasteiger partial charge in [0.2, 0.25) is 0 Å². The Morgan fingerprint density at radius 3 is 2.65 bits per heavy atom. The van der Waals surface area contributed by atoms with E-state index in [1.165, 1.54) is 22.8 Å². The predicted octanol–water partition coefficient (Wildman–Crippen LogP) is 3.78. The van der Waals surface area contributed by atoms with Crippen molar-refractivity contribution in [1.82, 2.24) is 9.88 Å². The summed E-state index contributed by atoms with van der Waals surface area (Å²) in [5, 5.41) is 24.3. The summed E-state index contributed by atoms with van der Waals surface area (Å²) in [5.41, 5.74) is 0.640. The van der Waals surface area contributed by atoms with Crippen LogP contribution in [0.5, 0.6) is 5.75 Å². The van der Waals surface area contributed by atoms with E-state index in [1.807, 2.05) is 0 Å². The Balaban J connectivity index is 1.59. The van der Waals surface area contributed by atoms with Gasteiger partial charge >= 0.3 is 12.0 Å². The number of carboxylic acids is 1. The van der Waals surface area contributed by atoms with Gasteiger partial charge in [-0.15, -0.1) is 0 Å². The van der Waals surface area contributed by atoms with Crippen molar-refractivity contribution in [2.24, 2.45) is 0 Å². The summed E-state index contributed by atoms with van der Waals surface area (Å²) in [5.74, 6) is -3.10. The third-order valence-corrected chi connectivity index (χ3v) is 5.63. The quantitative estimate of drug-likeness (QED) is 0.438. The number of halogens is 2. The Morgan fingerprint density at radius 1 is 1.12 bits per heavy atom. The van der Waals surface area contributed by atoms with E-state index in [-0.39, 0.29) is 17.0 Å². The molecular formula is C24H21F2N3O5. The highest BCUT2D eigenvalue weighted by Crippen LogP contribution is 2.28. The number of aromatic hydroxyl groups is 1. The van der Waals surface area contributed by atoms with Crippen LogP contribution in [0.1, 0.15) is 30.1 Å².